The van der Waals surface area contributed by atoms with Gasteiger partial charge in [0, 0.05) is 0 Å². The molecule has 0 nitrogen and oxygen atoms in total. The molecule has 0 aromatic carbocycles. The molecule has 4 aliphatic rings. The van der Waals surface area contributed by atoms with Crippen LogP contribution >= 0.6 is 0 Å². The zero-order chi connectivity index (χ0) is 20.8. The monoisotopic (exact) mass is 398 g/mol. The fourth-order valence-electron chi connectivity index (χ4n) is 8.48. The van der Waals surface area contributed by atoms with Gasteiger partial charge in [0.15, 0.2) is 0 Å². The maximum Gasteiger partial charge on any atom is -0.0172 e. The average Bonchev–Trinajstić information content (AvgIpc) is 3.10. The van der Waals surface area contributed by atoms with Crippen molar-refractivity contribution in [2.24, 2.45) is 58.7 Å². The van der Waals surface area contributed by atoms with E-state index >= 15 is 0 Å². The van der Waals surface area contributed by atoms with E-state index in [-0.39, 0.29) is 0 Å². The summed E-state index contributed by atoms with van der Waals surface area (Å²) in [5.41, 5.74) is 2.39. The van der Waals surface area contributed by atoms with Gasteiger partial charge in [-0.15, -0.1) is 0 Å². The highest BCUT2D eigenvalue weighted by molar-refractivity contribution is 5.19. The summed E-state index contributed by atoms with van der Waals surface area (Å²) in [5, 5.41) is 0. The molecule has 0 amide bonds. The summed E-state index contributed by atoms with van der Waals surface area (Å²) in [4.78, 5) is 0. The number of rotatable bonds is 5. The van der Waals surface area contributed by atoms with Crippen LogP contribution in [-0.2, 0) is 0 Å². The van der Waals surface area contributed by atoms with Gasteiger partial charge in [-0.05, 0) is 110 Å². The Balaban J connectivity index is 1.39. The number of fused-ring (bicyclic) bond motifs is 5. The third-order valence-corrected chi connectivity index (χ3v) is 10.2. The molecule has 0 saturated heterocycles. The van der Waals surface area contributed by atoms with Crippen molar-refractivity contribution in [1.82, 2.24) is 0 Å². The fraction of sp³-hybridized carbons (Fsp3) is 0.931. The Morgan fingerprint density at radius 3 is 2.28 bits per heavy atom. The molecule has 0 radical (unpaired) electrons. The molecule has 0 aromatic heterocycles. The van der Waals surface area contributed by atoms with Crippen molar-refractivity contribution < 1.29 is 0 Å². The van der Waals surface area contributed by atoms with E-state index < -0.39 is 0 Å². The minimum atomic E-state index is 0.491. The van der Waals surface area contributed by atoms with E-state index in [0.29, 0.717) is 5.41 Å². The third-order valence-electron chi connectivity index (χ3n) is 10.2. The molecule has 4 rings (SSSR count). The first-order valence-electron chi connectivity index (χ1n) is 13.4. The van der Waals surface area contributed by atoms with Crippen LogP contribution in [0.1, 0.15) is 112 Å². The van der Waals surface area contributed by atoms with Gasteiger partial charge in [-0.1, -0.05) is 72.5 Å². The summed E-state index contributed by atoms with van der Waals surface area (Å²) in [7, 11) is 0. The molecule has 8 atom stereocenters. The molecule has 0 bridgehead atoms. The normalized spacial score (nSPS) is 40.8. The molecule has 29 heavy (non-hydrogen) atoms. The predicted octanol–water partition coefficient (Wildman–Crippen LogP) is 8.91. The van der Waals surface area contributed by atoms with Crippen molar-refractivity contribution in [2.75, 3.05) is 0 Å². The minimum absolute atomic E-state index is 0.491. The van der Waals surface area contributed by atoms with Crippen molar-refractivity contribution in [3.05, 3.63) is 11.6 Å². The van der Waals surface area contributed by atoms with Gasteiger partial charge in [0.05, 0.1) is 0 Å². The Morgan fingerprint density at radius 2 is 1.55 bits per heavy atom. The standard InChI is InChI=1S/C29H50/c1-19(2)8-7-9-20(3)23-14-15-28-25(23)16-17-26-24-13-11-22(29(4,5)6)18-21(24)10-12-27(26)28/h10,19-20,22-28H,7-9,11-18H2,1-6H3. The zero-order valence-corrected chi connectivity index (χ0v) is 20.6. The van der Waals surface area contributed by atoms with Crippen LogP contribution in [0.5, 0.6) is 0 Å². The van der Waals surface area contributed by atoms with Gasteiger partial charge < -0.3 is 0 Å². The second kappa shape index (κ2) is 8.70. The van der Waals surface area contributed by atoms with E-state index in [0.717, 1.165) is 53.3 Å². The van der Waals surface area contributed by atoms with E-state index in [9.17, 15) is 0 Å². The Bertz CT molecular complexity index is 575. The van der Waals surface area contributed by atoms with Gasteiger partial charge >= 0.3 is 0 Å². The maximum atomic E-state index is 2.77. The summed E-state index contributed by atoms with van der Waals surface area (Å²) in [6.45, 7) is 14.8. The maximum absolute atomic E-state index is 2.77. The predicted molar refractivity (Wildman–Crippen MR) is 127 cm³/mol. The Kier molecular flexibility index (Phi) is 6.59. The van der Waals surface area contributed by atoms with Crippen molar-refractivity contribution in [1.29, 1.82) is 0 Å². The molecule has 3 fully saturated rings. The van der Waals surface area contributed by atoms with Gasteiger partial charge in [-0.25, -0.2) is 0 Å². The molecular weight excluding hydrogens is 348 g/mol. The lowest BCUT2D eigenvalue weighted by Crippen LogP contribution is -2.42. The third kappa shape index (κ3) is 4.52. The summed E-state index contributed by atoms with van der Waals surface area (Å²) < 4.78 is 0. The molecule has 0 spiro atoms. The summed E-state index contributed by atoms with van der Waals surface area (Å²) >= 11 is 0. The molecule has 0 heteroatoms. The van der Waals surface area contributed by atoms with Crippen molar-refractivity contribution >= 4 is 0 Å². The first-order chi connectivity index (χ1) is 13.8. The number of hydrogen-bond acceptors (Lipinski definition) is 0. The number of allylic oxidation sites excluding steroid dienone is 2. The molecule has 0 N–H and O–H groups in total. The Labute approximate surface area is 182 Å². The van der Waals surface area contributed by atoms with E-state index in [1.165, 1.54) is 44.9 Å². The molecular formula is C29H50. The summed E-state index contributed by atoms with van der Waals surface area (Å²) in [6, 6.07) is 0. The molecule has 8 unspecified atom stereocenters. The lowest BCUT2D eigenvalue weighted by Gasteiger charge is -2.51. The molecule has 0 heterocycles. The lowest BCUT2D eigenvalue weighted by atomic mass is 9.54. The summed E-state index contributed by atoms with van der Waals surface area (Å²) in [5.74, 6) is 9.03. The quantitative estimate of drug-likeness (QED) is 0.405. The lowest BCUT2D eigenvalue weighted by molar-refractivity contribution is 0.0320. The van der Waals surface area contributed by atoms with E-state index in [2.05, 4.69) is 47.6 Å². The van der Waals surface area contributed by atoms with Crippen molar-refractivity contribution in [2.45, 2.75) is 112 Å². The second-order valence-corrected chi connectivity index (χ2v) is 13.2. The van der Waals surface area contributed by atoms with Crippen LogP contribution in [0.4, 0.5) is 0 Å². The van der Waals surface area contributed by atoms with Gasteiger partial charge in [-0.3, -0.25) is 0 Å². The SMILES string of the molecule is CC(C)CCCC(C)C1CCC2C1CCC1C3CCC(C(C)(C)C)CC3=CCC12. The number of hydrogen-bond donors (Lipinski definition) is 0. The molecule has 0 aliphatic heterocycles. The van der Waals surface area contributed by atoms with Crippen molar-refractivity contribution in [3.63, 3.8) is 0 Å². The van der Waals surface area contributed by atoms with Crippen LogP contribution in [0.3, 0.4) is 0 Å². The van der Waals surface area contributed by atoms with Crippen LogP contribution in [-0.4, -0.2) is 0 Å². The highest BCUT2D eigenvalue weighted by Gasteiger charge is 2.50. The van der Waals surface area contributed by atoms with Crippen LogP contribution in [0.15, 0.2) is 11.6 Å². The molecule has 166 valence electrons. The molecule has 4 aliphatic carbocycles. The van der Waals surface area contributed by atoms with Gasteiger partial charge in [0.2, 0.25) is 0 Å². The van der Waals surface area contributed by atoms with Gasteiger partial charge in [0.1, 0.15) is 0 Å². The first-order valence-corrected chi connectivity index (χ1v) is 13.4. The van der Waals surface area contributed by atoms with Crippen LogP contribution in [0.25, 0.3) is 0 Å². The van der Waals surface area contributed by atoms with E-state index in [4.69, 9.17) is 0 Å². The average molecular weight is 399 g/mol. The van der Waals surface area contributed by atoms with Crippen LogP contribution in [0.2, 0.25) is 0 Å². The summed E-state index contributed by atoms with van der Waals surface area (Å²) in [6.07, 6.45) is 19.2. The van der Waals surface area contributed by atoms with Crippen LogP contribution in [0, 0.1) is 58.7 Å². The zero-order valence-electron chi connectivity index (χ0n) is 20.6. The van der Waals surface area contributed by atoms with Gasteiger partial charge in [0.25, 0.3) is 0 Å². The Hall–Kier alpha value is -0.260. The van der Waals surface area contributed by atoms with Gasteiger partial charge in [-0.2, -0.15) is 0 Å². The largest absolute Gasteiger partial charge is 0.0847 e. The Morgan fingerprint density at radius 1 is 0.828 bits per heavy atom. The topological polar surface area (TPSA) is 0 Å². The van der Waals surface area contributed by atoms with E-state index in [1.54, 1.807) is 25.7 Å². The molecule has 0 aromatic rings. The highest BCUT2D eigenvalue weighted by Crippen LogP contribution is 2.60. The first kappa shape index (κ1) is 22.0. The van der Waals surface area contributed by atoms with E-state index in [1.807, 2.05) is 5.57 Å². The van der Waals surface area contributed by atoms with Crippen LogP contribution < -0.4 is 0 Å². The highest BCUT2D eigenvalue weighted by atomic mass is 14.6. The fourth-order valence-corrected chi connectivity index (χ4v) is 8.48. The minimum Gasteiger partial charge on any atom is -0.0847 e. The smallest absolute Gasteiger partial charge is 0.0172 e. The second-order valence-electron chi connectivity index (χ2n) is 13.2. The molecule has 3 saturated carbocycles. The van der Waals surface area contributed by atoms with Crippen molar-refractivity contribution in [3.8, 4) is 0 Å².